The van der Waals surface area contributed by atoms with E-state index in [0.717, 1.165) is 25.7 Å². The average Bonchev–Trinajstić information content (AvgIpc) is 3.11. The first-order chi connectivity index (χ1) is 24.4. The number of aromatic hydroxyl groups is 2. The number of aliphatic hydroxyl groups is 6. The fraction of sp³-hybridized carbons (Fsp3) is 0.588. The maximum atomic E-state index is 12.7. The Kier molecular flexibility index (Phi) is 14.6. The molecule has 2 fully saturated rings. The van der Waals surface area contributed by atoms with Crippen LogP contribution in [0, 0.1) is 0 Å². The van der Waals surface area contributed by atoms with E-state index in [4.69, 9.17) is 33.2 Å². The molecule has 284 valence electrons. The van der Waals surface area contributed by atoms with E-state index in [-0.39, 0.29) is 11.1 Å². The number of phenols is 2. The minimum absolute atomic E-state index is 0.224. The van der Waals surface area contributed by atoms with Crippen molar-refractivity contribution in [3.8, 4) is 23.0 Å². The number of hydrogen-bond donors (Lipinski definition) is 8. The summed E-state index contributed by atoms with van der Waals surface area (Å²) in [4.78, 5) is 25.4. The summed E-state index contributed by atoms with van der Waals surface area (Å²) >= 11 is 0. The lowest BCUT2D eigenvalue weighted by atomic mass is 9.98. The van der Waals surface area contributed by atoms with Crippen LogP contribution in [0.4, 0.5) is 0 Å². The molecule has 2 aliphatic rings. The van der Waals surface area contributed by atoms with Crippen LogP contribution in [-0.2, 0) is 23.7 Å². The van der Waals surface area contributed by atoms with Crippen LogP contribution >= 0.6 is 0 Å². The molecule has 0 spiro atoms. The molecule has 10 atom stereocenters. The van der Waals surface area contributed by atoms with Crippen molar-refractivity contribution in [2.75, 3.05) is 26.4 Å². The highest BCUT2D eigenvalue weighted by Crippen LogP contribution is 2.30. The summed E-state index contributed by atoms with van der Waals surface area (Å²) < 4.78 is 37.9. The molecule has 0 aliphatic carbocycles. The highest BCUT2D eigenvalue weighted by atomic mass is 16.8. The van der Waals surface area contributed by atoms with Crippen LogP contribution < -0.4 is 9.47 Å². The largest absolute Gasteiger partial charge is 0.507 e. The maximum Gasteiger partial charge on any atom is 0.342 e. The van der Waals surface area contributed by atoms with Crippen LogP contribution in [0.25, 0.3) is 0 Å². The van der Waals surface area contributed by atoms with Crippen LogP contribution in [0.5, 0.6) is 23.0 Å². The van der Waals surface area contributed by atoms with Gasteiger partial charge in [-0.05, 0) is 37.1 Å². The fourth-order valence-corrected chi connectivity index (χ4v) is 5.15. The van der Waals surface area contributed by atoms with Crippen LogP contribution in [0.2, 0.25) is 0 Å². The predicted octanol–water partition coefficient (Wildman–Crippen LogP) is 0.101. The zero-order valence-corrected chi connectivity index (χ0v) is 28.1. The van der Waals surface area contributed by atoms with Gasteiger partial charge in [-0.3, -0.25) is 0 Å². The second-order valence-electron chi connectivity index (χ2n) is 12.1. The first-order valence-corrected chi connectivity index (χ1v) is 16.7. The highest BCUT2D eigenvalue weighted by Gasteiger charge is 2.50. The van der Waals surface area contributed by atoms with Crippen molar-refractivity contribution in [2.45, 2.75) is 101 Å². The van der Waals surface area contributed by atoms with Gasteiger partial charge in [0.25, 0.3) is 0 Å². The number of esters is 2. The lowest BCUT2D eigenvalue weighted by Gasteiger charge is -2.44. The lowest BCUT2D eigenvalue weighted by Crippen LogP contribution is -2.64. The summed E-state index contributed by atoms with van der Waals surface area (Å²) in [6.45, 7) is 3.43. The van der Waals surface area contributed by atoms with Gasteiger partial charge in [-0.2, -0.15) is 0 Å². The first-order valence-electron chi connectivity index (χ1n) is 16.7. The Morgan fingerprint density at radius 3 is 1.35 bits per heavy atom. The number of phenolic OH excluding ortho intramolecular Hbond substituents is 2. The number of ether oxygens (including phenoxy) is 7. The molecule has 2 heterocycles. The highest BCUT2D eigenvalue weighted by molar-refractivity contribution is 5.93. The van der Waals surface area contributed by atoms with E-state index >= 15 is 0 Å². The standard InChI is InChI=1S/C34H46O17/c1-3-5-11-45-17-7-9-19(21(35)13-17)31(43)47-15-23-25(37)27(39)29(41)33(49-23)51-34-30(42)28(40)26(38)24(50-34)16-48-32(44)20-10-8-18(14-22(20)36)46-12-6-4-2/h7-10,13-14,23-30,33-42H,3-6,11-12,15-16H2,1-2H3. The van der Waals surface area contributed by atoms with Crippen molar-refractivity contribution >= 4 is 11.9 Å². The van der Waals surface area contributed by atoms with Crippen molar-refractivity contribution in [1.82, 2.24) is 0 Å². The summed E-state index contributed by atoms with van der Waals surface area (Å²) in [5, 5.41) is 83.7. The van der Waals surface area contributed by atoms with Crippen molar-refractivity contribution in [3.05, 3.63) is 47.5 Å². The lowest BCUT2D eigenvalue weighted by molar-refractivity contribution is -0.376. The number of hydrogen-bond acceptors (Lipinski definition) is 17. The van der Waals surface area contributed by atoms with Gasteiger partial charge in [0.05, 0.1) is 13.2 Å². The summed E-state index contributed by atoms with van der Waals surface area (Å²) in [7, 11) is 0. The number of carbonyl (C=O) groups excluding carboxylic acids is 2. The van der Waals surface area contributed by atoms with E-state index in [0.29, 0.717) is 24.7 Å². The van der Waals surface area contributed by atoms with Crippen molar-refractivity contribution < 1.29 is 83.6 Å². The van der Waals surface area contributed by atoms with Gasteiger partial charge in [-0.25, -0.2) is 9.59 Å². The minimum Gasteiger partial charge on any atom is -0.507 e. The Morgan fingerprint density at radius 1 is 0.608 bits per heavy atom. The third-order valence-electron chi connectivity index (χ3n) is 8.27. The second kappa shape index (κ2) is 18.6. The van der Waals surface area contributed by atoms with Crippen LogP contribution in [0.1, 0.15) is 60.2 Å². The number of unbranched alkanes of at least 4 members (excludes halogenated alkanes) is 2. The molecule has 0 amide bonds. The first kappa shape index (κ1) is 40.0. The van der Waals surface area contributed by atoms with Crippen LogP contribution in [0.15, 0.2) is 36.4 Å². The number of rotatable bonds is 16. The number of aliphatic hydroxyl groups excluding tert-OH is 6. The summed E-state index contributed by atoms with van der Waals surface area (Å²) in [6.07, 6.45) is -14.6. The minimum atomic E-state index is -1.94. The molecule has 0 aromatic heterocycles. The molecule has 2 aromatic carbocycles. The van der Waals surface area contributed by atoms with E-state index in [9.17, 15) is 50.4 Å². The van der Waals surface area contributed by atoms with Gasteiger partial charge in [0.1, 0.15) is 96.2 Å². The summed E-state index contributed by atoms with van der Waals surface area (Å²) in [5.74, 6) is -2.20. The third-order valence-corrected chi connectivity index (χ3v) is 8.27. The molecule has 2 aromatic rings. The van der Waals surface area contributed by atoms with Gasteiger partial charge in [-0.1, -0.05) is 26.7 Å². The Bertz CT molecular complexity index is 1330. The molecule has 0 saturated carbocycles. The number of carbonyl (C=O) groups is 2. The Labute approximate surface area is 293 Å². The molecule has 0 radical (unpaired) electrons. The smallest absolute Gasteiger partial charge is 0.342 e. The van der Waals surface area contributed by atoms with E-state index in [1.54, 1.807) is 0 Å². The van der Waals surface area contributed by atoms with Crippen LogP contribution in [-0.4, -0.2) is 141 Å². The Hall–Kier alpha value is -3.78. The maximum absolute atomic E-state index is 12.7. The molecular formula is C34H46O17. The molecule has 51 heavy (non-hydrogen) atoms. The second-order valence-corrected chi connectivity index (χ2v) is 12.1. The van der Waals surface area contributed by atoms with Gasteiger partial charge in [0.15, 0.2) is 12.6 Å². The summed E-state index contributed by atoms with van der Waals surface area (Å²) in [6, 6.07) is 7.96. The molecule has 0 bridgehead atoms. The zero-order chi connectivity index (χ0) is 37.2. The molecular weight excluding hydrogens is 680 g/mol. The van der Waals surface area contributed by atoms with Crippen molar-refractivity contribution in [3.63, 3.8) is 0 Å². The van der Waals surface area contributed by atoms with Gasteiger partial charge in [0.2, 0.25) is 0 Å². The molecule has 17 heteroatoms. The third kappa shape index (κ3) is 10.2. The Morgan fingerprint density at radius 2 is 1.00 bits per heavy atom. The predicted molar refractivity (Wildman–Crippen MR) is 172 cm³/mol. The molecule has 17 nitrogen and oxygen atoms in total. The molecule has 2 saturated heterocycles. The van der Waals surface area contributed by atoms with E-state index in [2.05, 4.69) is 0 Å². The fourth-order valence-electron chi connectivity index (χ4n) is 5.15. The monoisotopic (exact) mass is 726 g/mol. The number of benzene rings is 2. The quantitative estimate of drug-likeness (QED) is 0.0843. The van der Waals surface area contributed by atoms with Crippen molar-refractivity contribution in [2.24, 2.45) is 0 Å². The molecule has 2 aliphatic heterocycles. The normalized spacial score (nSPS) is 29.3. The average molecular weight is 727 g/mol. The summed E-state index contributed by atoms with van der Waals surface area (Å²) in [5.41, 5.74) is -0.448. The van der Waals surface area contributed by atoms with E-state index in [1.807, 2.05) is 13.8 Å². The van der Waals surface area contributed by atoms with Gasteiger partial charge in [-0.15, -0.1) is 0 Å². The zero-order valence-electron chi connectivity index (χ0n) is 28.1. The SMILES string of the molecule is CCCCOc1ccc(C(=O)OCC2OC(OC3OC(COC(=O)c4ccc(OCCCC)cc4O)C(O)C(O)C3O)C(O)C(O)C2O)c(O)c1. The van der Waals surface area contributed by atoms with E-state index in [1.165, 1.54) is 36.4 Å². The van der Waals surface area contributed by atoms with Gasteiger partial charge < -0.3 is 74.0 Å². The topological polar surface area (TPSA) is 261 Å². The van der Waals surface area contributed by atoms with Gasteiger partial charge >= 0.3 is 11.9 Å². The van der Waals surface area contributed by atoms with E-state index < -0.39 is 98.1 Å². The molecule has 8 N–H and O–H groups in total. The van der Waals surface area contributed by atoms with Crippen molar-refractivity contribution in [1.29, 1.82) is 0 Å². The van der Waals surface area contributed by atoms with Crippen LogP contribution in [0.3, 0.4) is 0 Å². The molecule has 10 unspecified atom stereocenters. The van der Waals surface area contributed by atoms with Gasteiger partial charge in [0, 0.05) is 12.1 Å². The Balaban J connectivity index is 1.35. The molecule has 4 rings (SSSR count).